The van der Waals surface area contributed by atoms with E-state index >= 15 is 0 Å². The van der Waals surface area contributed by atoms with E-state index < -0.39 is 0 Å². The topological polar surface area (TPSA) is 63.7 Å². The van der Waals surface area contributed by atoms with Crippen LogP contribution in [0.4, 0.5) is 0 Å². The Hall–Kier alpha value is -3.65. The van der Waals surface area contributed by atoms with Gasteiger partial charge in [0.25, 0.3) is 0 Å². The van der Waals surface area contributed by atoms with Gasteiger partial charge in [-0.15, -0.1) is 0 Å². The highest BCUT2D eigenvalue weighted by Crippen LogP contribution is 2.35. The molecular weight excluding hydrogens is 324 g/mol. The van der Waals surface area contributed by atoms with Crippen molar-refractivity contribution in [1.82, 2.24) is 14.8 Å². The number of ether oxygens (including phenoxy) is 1. The minimum atomic E-state index is 0.624. The SMILES string of the molecule is COc1ccccc1-c1nn(C)c2ncc(-c3cccc(C#N)c3)cc12. The van der Waals surface area contributed by atoms with Crippen molar-refractivity contribution < 1.29 is 4.74 Å². The molecule has 5 nitrogen and oxygen atoms in total. The maximum Gasteiger partial charge on any atom is 0.158 e. The van der Waals surface area contributed by atoms with Gasteiger partial charge in [0.15, 0.2) is 5.65 Å². The number of rotatable bonds is 3. The van der Waals surface area contributed by atoms with Gasteiger partial charge in [-0.3, -0.25) is 0 Å². The second-order valence-electron chi connectivity index (χ2n) is 5.96. The summed E-state index contributed by atoms with van der Waals surface area (Å²) in [4.78, 5) is 4.59. The zero-order valence-corrected chi connectivity index (χ0v) is 14.5. The predicted molar refractivity (Wildman–Crippen MR) is 101 cm³/mol. The molecule has 0 spiro atoms. The summed E-state index contributed by atoms with van der Waals surface area (Å²) < 4.78 is 7.27. The van der Waals surface area contributed by atoms with Crippen LogP contribution < -0.4 is 4.74 Å². The molecule has 5 heteroatoms. The minimum absolute atomic E-state index is 0.624. The first kappa shape index (κ1) is 15.9. The zero-order chi connectivity index (χ0) is 18.1. The number of nitriles is 1. The summed E-state index contributed by atoms with van der Waals surface area (Å²) in [7, 11) is 3.53. The van der Waals surface area contributed by atoms with E-state index in [0.717, 1.165) is 39.2 Å². The molecule has 0 aliphatic carbocycles. The second kappa shape index (κ2) is 6.34. The average Bonchev–Trinajstić information content (AvgIpc) is 3.04. The number of hydrogen-bond donors (Lipinski definition) is 0. The molecule has 0 fully saturated rings. The molecule has 0 aliphatic heterocycles. The van der Waals surface area contributed by atoms with E-state index in [1.807, 2.05) is 55.7 Å². The van der Waals surface area contributed by atoms with Crippen LogP contribution in [0.15, 0.2) is 60.8 Å². The van der Waals surface area contributed by atoms with E-state index in [9.17, 15) is 0 Å². The lowest BCUT2D eigenvalue weighted by Crippen LogP contribution is -1.92. The third kappa shape index (κ3) is 2.58. The Bertz CT molecular complexity index is 1150. The van der Waals surface area contributed by atoms with Crippen molar-refractivity contribution in [3.05, 3.63) is 66.4 Å². The quantitative estimate of drug-likeness (QED) is 0.561. The third-order valence-electron chi connectivity index (χ3n) is 4.37. The Labute approximate surface area is 151 Å². The molecule has 0 bridgehead atoms. The standard InChI is InChI=1S/C21H16N4O/c1-25-21-18(20(24-25)17-8-3-4-9-19(17)26-2)11-16(13-23-21)15-7-5-6-14(10-15)12-22/h3-11,13H,1-2H3. The molecule has 26 heavy (non-hydrogen) atoms. The average molecular weight is 340 g/mol. The van der Waals surface area contributed by atoms with Crippen LogP contribution in [0, 0.1) is 11.3 Å². The van der Waals surface area contributed by atoms with E-state index in [0.29, 0.717) is 5.56 Å². The van der Waals surface area contributed by atoms with Crippen LogP contribution >= 0.6 is 0 Å². The van der Waals surface area contributed by atoms with Crippen molar-refractivity contribution in [2.24, 2.45) is 7.05 Å². The summed E-state index contributed by atoms with van der Waals surface area (Å²) in [5.41, 5.74) is 5.06. The Balaban J connectivity index is 1.94. The number of fused-ring (bicyclic) bond motifs is 1. The van der Waals surface area contributed by atoms with Gasteiger partial charge in [0.1, 0.15) is 11.4 Å². The molecule has 0 radical (unpaired) electrons. The van der Waals surface area contributed by atoms with Gasteiger partial charge in [0.05, 0.1) is 18.7 Å². The molecule has 126 valence electrons. The van der Waals surface area contributed by atoms with Crippen molar-refractivity contribution >= 4 is 11.0 Å². The van der Waals surface area contributed by atoms with Gasteiger partial charge >= 0.3 is 0 Å². The van der Waals surface area contributed by atoms with Gasteiger partial charge in [-0.25, -0.2) is 9.67 Å². The van der Waals surface area contributed by atoms with Crippen molar-refractivity contribution in [1.29, 1.82) is 5.26 Å². The van der Waals surface area contributed by atoms with Crippen LogP contribution in [0.2, 0.25) is 0 Å². The number of benzene rings is 2. The third-order valence-corrected chi connectivity index (χ3v) is 4.37. The van der Waals surface area contributed by atoms with Crippen LogP contribution in [0.3, 0.4) is 0 Å². The first-order chi connectivity index (χ1) is 12.7. The Morgan fingerprint density at radius 2 is 1.88 bits per heavy atom. The van der Waals surface area contributed by atoms with Gasteiger partial charge in [-0.05, 0) is 35.9 Å². The van der Waals surface area contributed by atoms with Crippen molar-refractivity contribution in [2.75, 3.05) is 7.11 Å². The zero-order valence-electron chi connectivity index (χ0n) is 14.5. The van der Waals surface area contributed by atoms with Gasteiger partial charge in [0, 0.05) is 29.8 Å². The second-order valence-corrected chi connectivity index (χ2v) is 5.96. The summed E-state index contributed by atoms with van der Waals surface area (Å²) in [6, 6.07) is 19.6. The molecule has 0 saturated carbocycles. The number of aryl methyl sites for hydroxylation is 1. The van der Waals surface area contributed by atoms with Crippen LogP contribution in [0.5, 0.6) is 5.75 Å². The van der Waals surface area contributed by atoms with Gasteiger partial charge in [0.2, 0.25) is 0 Å². The highest BCUT2D eigenvalue weighted by atomic mass is 16.5. The van der Waals surface area contributed by atoms with Crippen LogP contribution in [0.1, 0.15) is 5.56 Å². The van der Waals surface area contributed by atoms with E-state index in [4.69, 9.17) is 10.00 Å². The maximum absolute atomic E-state index is 9.14. The lowest BCUT2D eigenvalue weighted by Gasteiger charge is -2.06. The van der Waals surface area contributed by atoms with E-state index in [1.54, 1.807) is 17.9 Å². The molecule has 0 aliphatic rings. The number of methoxy groups -OCH3 is 1. The molecule has 2 aromatic carbocycles. The van der Waals surface area contributed by atoms with E-state index in [2.05, 4.69) is 22.2 Å². The first-order valence-corrected chi connectivity index (χ1v) is 8.18. The van der Waals surface area contributed by atoms with Crippen molar-refractivity contribution in [2.45, 2.75) is 0 Å². The van der Waals surface area contributed by atoms with Gasteiger partial charge in [-0.2, -0.15) is 10.4 Å². The highest BCUT2D eigenvalue weighted by Gasteiger charge is 2.16. The lowest BCUT2D eigenvalue weighted by molar-refractivity contribution is 0.416. The summed E-state index contributed by atoms with van der Waals surface area (Å²) >= 11 is 0. The molecular formula is C21H16N4O. The Morgan fingerprint density at radius 1 is 1.04 bits per heavy atom. The predicted octanol–water partition coefficient (Wildman–Crippen LogP) is 4.18. The fourth-order valence-electron chi connectivity index (χ4n) is 3.11. The monoisotopic (exact) mass is 340 g/mol. The molecule has 0 unspecified atom stereocenters. The van der Waals surface area contributed by atoms with Gasteiger partial charge in [-0.1, -0.05) is 24.3 Å². The summed E-state index contributed by atoms with van der Waals surface area (Å²) in [6.07, 6.45) is 1.81. The van der Waals surface area contributed by atoms with Crippen LogP contribution in [0.25, 0.3) is 33.4 Å². The molecule has 0 N–H and O–H groups in total. The molecule has 4 aromatic rings. The van der Waals surface area contributed by atoms with Crippen molar-refractivity contribution in [3.8, 4) is 34.2 Å². The summed E-state index contributed by atoms with van der Waals surface area (Å²) in [5, 5.41) is 14.7. The lowest BCUT2D eigenvalue weighted by atomic mass is 10.0. The Morgan fingerprint density at radius 3 is 2.69 bits per heavy atom. The molecule has 2 aromatic heterocycles. The normalized spacial score (nSPS) is 10.7. The molecule has 2 heterocycles. The molecule has 0 amide bonds. The molecule has 4 rings (SSSR count). The Kier molecular flexibility index (Phi) is 3.86. The number of nitrogens with zero attached hydrogens (tertiary/aromatic N) is 4. The fourth-order valence-corrected chi connectivity index (χ4v) is 3.11. The molecule has 0 saturated heterocycles. The van der Waals surface area contributed by atoms with Crippen molar-refractivity contribution in [3.63, 3.8) is 0 Å². The summed E-state index contributed by atoms with van der Waals surface area (Å²) in [6.45, 7) is 0. The maximum atomic E-state index is 9.14. The molecule has 0 atom stereocenters. The summed E-state index contributed by atoms with van der Waals surface area (Å²) in [5.74, 6) is 0.768. The first-order valence-electron chi connectivity index (χ1n) is 8.18. The van der Waals surface area contributed by atoms with E-state index in [-0.39, 0.29) is 0 Å². The number of pyridine rings is 1. The van der Waals surface area contributed by atoms with Crippen LogP contribution in [-0.4, -0.2) is 21.9 Å². The number of hydrogen-bond acceptors (Lipinski definition) is 4. The number of para-hydroxylation sites is 1. The van der Waals surface area contributed by atoms with Gasteiger partial charge < -0.3 is 4.74 Å². The minimum Gasteiger partial charge on any atom is -0.496 e. The van der Waals surface area contributed by atoms with Crippen LogP contribution in [-0.2, 0) is 7.05 Å². The smallest absolute Gasteiger partial charge is 0.158 e. The number of aromatic nitrogens is 3. The van der Waals surface area contributed by atoms with E-state index in [1.165, 1.54) is 0 Å². The largest absolute Gasteiger partial charge is 0.496 e. The fraction of sp³-hybridized carbons (Fsp3) is 0.0952. The highest BCUT2D eigenvalue weighted by molar-refractivity contribution is 5.95.